The summed E-state index contributed by atoms with van der Waals surface area (Å²) in [5.41, 5.74) is 3.09. The van der Waals surface area contributed by atoms with Crippen molar-refractivity contribution in [2.45, 2.75) is 81.7 Å². The summed E-state index contributed by atoms with van der Waals surface area (Å²) in [6.45, 7) is 0.506. The average Bonchev–Trinajstić information content (AvgIpc) is 3.76. The molecule has 0 N–H and O–H groups in total. The van der Waals surface area contributed by atoms with E-state index < -0.39 is 51.0 Å². The summed E-state index contributed by atoms with van der Waals surface area (Å²) in [4.78, 5) is 8.85. The number of pyridine rings is 2. The second kappa shape index (κ2) is 18.0. The molecule has 0 amide bonds. The second-order valence-electron chi connectivity index (χ2n) is 17.2. The third kappa shape index (κ3) is 9.84. The van der Waals surface area contributed by atoms with Crippen LogP contribution in [0, 0.1) is 50.4 Å². The van der Waals surface area contributed by atoms with Gasteiger partial charge in [-0.3, -0.25) is 0 Å². The van der Waals surface area contributed by atoms with Gasteiger partial charge < -0.3 is 14.4 Å². The first-order valence-corrected chi connectivity index (χ1v) is 20.1. The van der Waals surface area contributed by atoms with Gasteiger partial charge in [-0.15, -0.1) is 53.6 Å². The fourth-order valence-corrected chi connectivity index (χ4v) is 7.37. The molecule has 0 spiro atoms. The zero-order chi connectivity index (χ0) is 56.6. The van der Waals surface area contributed by atoms with Crippen LogP contribution in [0.2, 0.25) is 0 Å². The Morgan fingerprint density at radius 3 is 2.03 bits per heavy atom. The maximum atomic E-state index is 8.74. The quantitative estimate of drug-likeness (QED) is 0.156. The van der Waals surface area contributed by atoms with Crippen LogP contribution in [0.25, 0.3) is 77.5 Å². The zero-order valence-electron chi connectivity index (χ0n) is 51.3. The molecule has 0 saturated heterocycles. The standard InChI is InChI=1S/C41H36NO.C17H20N.Ir/c1-25-20-28(23-41(4,5)6)14-17-31(25)30-16-18-32(26(2)21-30)37-22-38(42-24-27(37)3)36-13-9-12-34-35-19-15-29-10-7-8-11-33(29)39(35)43-40(34)36;1-13-5-8-15(9-6-13)16-10-7-14(12-18-16)11-17(2,3)4;/h7-12,14-22,24H,23H2,1-6H3;5-8,10,12H,11H2,1-4H3;/q2*-1;/i1D3,2D3,3D3,23D2;1D3,11D2;. The molecule has 0 unspecified atom stereocenters. The largest absolute Gasteiger partial charge is 0.500 e. The Morgan fingerprint density at radius 2 is 1.31 bits per heavy atom. The number of fused-ring (bicyclic) bond motifs is 5. The van der Waals surface area contributed by atoms with Gasteiger partial charge in [-0.25, -0.2) is 0 Å². The molecular weight excluding hydrogens is 933 g/mol. The number of furan rings is 1. The first-order valence-electron chi connectivity index (χ1n) is 28.1. The van der Waals surface area contributed by atoms with Crippen molar-refractivity contribution in [2.24, 2.45) is 10.8 Å². The van der Waals surface area contributed by atoms with Gasteiger partial charge in [0.15, 0.2) is 0 Å². The van der Waals surface area contributed by atoms with Crippen LogP contribution >= 0.6 is 0 Å². The topological polar surface area (TPSA) is 38.9 Å². The van der Waals surface area contributed by atoms with E-state index in [1.807, 2.05) is 63.2 Å². The van der Waals surface area contributed by atoms with E-state index in [-0.39, 0.29) is 70.2 Å². The van der Waals surface area contributed by atoms with E-state index in [2.05, 4.69) is 22.1 Å². The van der Waals surface area contributed by atoms with Gasteiger partial charge in [-0.05, 0) is 111 Å². The number of hydrogen-bond acceptors (Lipinski definition) is 3. The molecule has 3 nitrogen and oxygen atoms in total. The first-order chi connectivity index (χ1) is 35.5. The monoisotopic (exact) mass is 1010 g/mol. The third-order valence-electron chi connectivity index (χ3n) is 10.0. The molecule has 3 heterocycles. The number of aromatic nitrogens is 2. The Labute approximate surface area is 404 Å². The molecule has 6 aromatic carbocycles. The SMILES string of the molecule is [2H]C([2H])([2H])c1c[c-]c(-c2ccc(C([2H])([2H])C(C)(C)C)cn2)cc1.[2H]C([2H])([2H])c1cc(C([2H])([2H])C(C)(C)C)ccc1-c1ccc(-c2cc(-c3[c-]ccc4c3oc3c5ccccc5ccc43)ncc2C([2H])([2H])[2H])c(C([2H])([2H])[2H])c1.[Ir]. The van der Waals surface area contributed by atoms with E-state index in [9.17, 15) is 0 Å². The maximum absolute atomic E-state index is 8.74. The summed E-state index contributed by atoms with van der Waals surface area (Å²) in [7, 11) is 0. The molecule has 3 aromatic heterocycles. The molecule has 4 heteroatoms. The number of aryl methyl sites for hydroxylation is 4. The molecule has 9 aromatic rings. The molecule has 0 atom stereocenters. The fourth-order valence-electron chi connectivity index (χ4n) is 7.37. The van der Waals surface area contributed by atoms with Crippen LogP contribution in [0.1, 0.15) is 96.9 Å². The molecule has 62 heavy (non-hydrogen) atoms. The number of benzene rings is 6. The minimum absolute atomic E-state index is 0. The van der Waals surface area contributed by atoms with Crippen LogP contribution in [-0.2, 0) is 32.9 Å². The van der Waals surface area contributed by atoms with E-state index in [1.54, 1.807) is 63.2 Å². The fraction of sp³-hybridized carbons (Fsp3) is 0.241. The van der Waals surface area contributed by atoms with Gasteiger partial charge in [0.2, 0.25) is 0 Å². The summed E-state index contributed by atoms with van der Waals surface area (Å²) in [6.07, 6.45) is -0.602. The van der Waals surface area contributed by atoms with E-state index >= 15 is 0 Å². The predicted octanol–water partition coefficient (Wildman–Crippen LogP) is 15.9. The normalized spacial score (nSPS) is 16.8. The van der Waals surface area contributed by atoms with Crippen molar-refractivity contribution in [3.63, 3.8) is 0 Å². The van der Waals surface area contributed by atoms with Gasteiger partial charge in [0.05, 0.1) is 5.58 Å². The molecule has 0 bridgehead atoms. The molecule has 315 valence electrons. The van der Waals surface area contributed by atoms with E-state index in [4.69, 9.17) is 26.3 Å². The van der Waals surface area contributed by atoms with Gasteiger partial charge in [-0.2, -0.15) is 0 Å². The molecule has 0 aliphatic rings. The number of nitrogens with zero attached hydrogens (tertiary/aromatic N) is 2. The summed E-state index contributed by atoms with van der Waals surface area (Å²) < 4.78 is 138. The van der Waals surface area contributed by atoms with Gasteiger partial charge >= 0.3 is 0 Å². The molecular formula is C58H56IrN2O-2. The van der Waals surface area contributed by atoms with Gasteiger partial charge in [0.1, 0.15) is 5.58 Å². The van der Waals surface area contributed by atoms with Crippen molar-refractivity contribution in [3.05, 3.63) is 179 Å². The Balaban J connectivity index is 0.000000308. The predicted molar refractivity (Wildman–Crippen MR) is 258 cm³/mol. The molecule has 0 saturated carbocycles. The van der Waals surface area contributed by atoms with Crippen molar-refractivity contribution in [1.82, 2.24) is 9.97 Å². The average molecular weight is 1010 g/mol. The molecule has 0 aliphatic heterocycles. The molecule has 0 aliphatic carbocycles. The summed E-state index contributed by atoms with van der Waals surface area (Å²) >= 11 is 0. The minimum atomic E-state index is -2.75. The van der Waals surface area contributed by atoms with Gasteiger partial charge in [-0.1, -0.05) is 150 Å². The van der Waals surface area contributed by atoms with Crippen molar-refractivity contribution in [3.8, 4) is 44.8 Å². The van der Waals surface area contributed by atoms with Crippen LogP contribution in [0.3, 0.4) is 0 Å². The van der Waals surface area contributed by atoms with E-state index in [0.717, 1.165) is 21.5 Å². The first kappa shape index (κ1) is 28.1. The Bertz CT molecular complexity index is 3650. The van der Waals surface area contributed by atoms with Crippen LogP contribution in [-0.4, -0.2) is 9.97 Å². The number of rotatable bonds is 6. The third-order valence-corrected chi connectivity index (χ3v) is 10.0. The van der Waals surface area contributed by atoms with Crippen molar-refractivity contribution in [1.29, 1.82) is 0 Å². The smallest absolute Gasteiger partial charge is 0.128 e. The maximum Gasteiger partial charge on any atom is 0.128 e. The van der Waals surface area contributed by atoms with Crippen molar-refractivity contribution < 1.29 is 46.5 Å². The van der Waals surface area contributed by atoms with Crippen LogP contribution < -0.4 is 0 Å². The van der Waals surface area contributed by atoms with E-state index in [1.165, 1.54) is 48.8 Å². The van der Waals surface area contributed by atoms with Gasteiger partial charge in [0.25, 0.3) is 0 Å². The van der Waals surface area contributed by atoms with Crippen LogP contribution in [0.15, 0.2) is 138 Å². The Hall–Kier alpha value is -5.67. The van der Waals surface area contributed by atoms with Crippen LogP contribution in [0.4, 0.5) is 0 Å². The number of hydrogen-bond donors (Lipinski definition) is 0. The van der Waals surface area contributed by atoms with Crippen molar-refractivity contribution >= 4 is 32.7 Å². The zero-order valence-corrected chi connectivity index (χ0v) is 37.7. The molecule has 0 fully saturated rings. The van der Waals surface area contributed by atoms with Crippen molar-refractivity contribution in [2.75, 3.05) is 0 Å². The summed E-state index contributed by atoms with van der Waals surface area (Å²) in [5.74, 6) is 0. The van der Waals surface area contributed by atoms with Gasteiger partial charge in [0, 0.05) is 65.2 Å². The Morgan fingerprint density at radius 1 is 0.581 bits per heavy atom. The molecule has 1 radical (unpaired) electrons. The minimum Gasteiger partial charge on any atom is -0.500 e. The Kier molecular flexibility index (Phi) is 8.15. The van der Waals surface area contributed by atoms with E-state index in [0.29, 0.717) is 39.2 Å². The van der Waals surface area contributed by atoms with Crippen LogP contribution in [0.5, 0.6) is 0 Å². The molecule has 9 rings (SSSR count). The second-order valence-corrected chi connectivity index (χ2v) is 17.2. The summed E-state index contributed by atoms with van der Waals surface area (Å²) in [5, 5.41) is 3.63. The summed E-state index contributed by atoms with van der Waals surface area (Å²) in [6, 6.07) is 40.1.